The Morgan fingerprint density at radius 1 is 1.15 bits per heavy atom. The summed E-state index contributed by atoms with van der Waals surface area (Å²) >= 11 is 0. The van der Waals surface area contributed by atoms with Crippen LogP contribution in [0.25, 0.3) is 21.9 Å². The Labute approximate surface area is 225 Å². The highest BCUT2D eigenvalue weighted by Gasteiger charge is 2.27. The van der Waals surface area contributed by atoms with E-state index in [4.69, 9.17) is 19.4 Å². The van der Waals surface area contributed by atoms with Crippen LogP contribution in [0.2, 0.25) is 0 Å². The largest absolute Gasteiger partial charge is 0.462 e. The smallest absolute Gasteiger partial charge is 0.319 e. The van der Waals surface area contributed by atoms with Gasteiger partial charge in [0.2, 0.25) is 11.8 Å². The van der Waals surface area contributed by atoms with Crippen LogP contribution in [0.3, 0.4) is 0 Å². The number of carbonyl (C=O) groups excluding carboxylic acids is 1. The predicted molar refractivity (Wildman–Crippen MR) is 146 cm³/mol. The maximum Gasteiger partial charge on any atom is 0.319 e. The second kappa shape index (κ2) is 10.4. The average Bonchev–Trinajstić information content (AvgIpc) is 3.61. The minimum atomic E-state index is -0.0753. The van der Waals surface area contributed by atoms with Crippen molar-refractivity contribution in [2.24, 2.45) is 0 Å². The van der Waals surface area contributed by atoms with Crippen molar-refractivity contribution < 1.29 is 14.3 Å². The van der Waals surface area contributed by atoms with Crippen LogP contribution in [-0.4, -0.2) is 98.3 Å². The maximum absolute atomic E-state index is 12.1. The van der Waals surface area contributed by atoms with Crippen LogP contribution in [0.5, 0.6) is 17.6 Å². The lowest BCUT2D eigenvalue weighted by atomic mass is 10.1. The molecule has 39 heavy (non-hydrogen) atoms. The molecular formula is C27H31N9O3. The van der Waals surface area contributed by atoms with Gasteiger partial charge in [0, 0.05) is 32.2 Å². The number of piperazine rings is 1. The molecule has 5 heterocycles. The highest BCUT2D eigenvalue weighted by atomic mass is 16.5. The molecule has 2 fully saturated rings. The molecule has 1 amide bonds. The molecule has 0 saturated carbocycles. The molecule has 2 aliphatic heterocycles. The number of rotatable bonds is 7. The van der Waals surface area contributed by atoms with Crippen molar-refractivity contribution in [3.8, 4) is 17.6 Å². The first-order valence-corrected chi connectivity index (χ1v) is 13.1. The van der Waals surface area contributed by atoms with E-state index in [0.29, 0.717) is 67.3 Å². The van der Waals surface area contributed by atoms with Crippen molar-refractivity contribution in [2.75, 3.05) is 51.3 Å². The fraction of sp³-hybridized carbons (Fsp3) is 0.407. The van der Waals surface area contributed by atoms with Crippen molar-refractivity contribution >= 4 is 33.7 Å². The summed E-state index contributed by atoms with van der Waals surface area (Å²) in [5.41, 5.74) is 2.82. The van der Waals surface area contributed by atoms with E-state index in [2.05, 4.69) is 43.6 Å². The number of likely N-dealkylation sites (N-methyl/N-ethyl adjacent to an activating group) is 1. The predicted octanol–water partition coefficient (Wildman–Crippen LogP) is 2.70. The van der Waals surface area contributed by atoms with Crippen molar-refractivity contribution in [1.82, 2.24) is 39.9 Å². The topological polar surface area (TPSA) is 125 Å². The quantitative estimate of drug-likeness (QED) is 0.357. The summed E-state index contributed by atoms with van der Waals surface area (Å²) in [4.78, 5) is 36.9. The molecule has 0 bridgehead atoms. The number of fused-ring (bicyclic) bond motifs is 2. The molecule has 12 heteroatoms. The van der Waals surface area contributed by atoms with E-state index in [-0.39, 0.29) is 11.9 Å². The summed E-state index contributed by atoms with van der Waals surface area (Å²) < 4.78 is 12.6. The van der Waals surface area contributed by atoms with E-state index in [0.717, 1.165) is 35.9 Å². The number of hydrogen-bond acceptors (Lipinski definition) is 10. The van der Waals surface area contributed by atoms with E-state index in [9.17, 15) is 4.79 Å². The van der Waals surface area contributed by atoms with Crippen LogP contribution in [0.4, 0.5) is 5.82 Å². The van der Waals surface area contributed by atoms with Gasteiger partial charge < -0.3 is 24.2 Å². The van der Waals surface area contributed by atoms with Crippen LogP contribution in [0.1, 0.15) is 18.4 Å². The number of benzene rings is 1. The van der Waals surface area contributed by atoms with Gasteiger partial charge in [0.1, 0.15) is 24.2 Å². The standard InChI is InChI=1S/C27H31N9O3/c1-4-21(37)35-10-12-36(13-11-35)25-22-23(31-27(32-25)38-15-18-6-5-9-34(18)3)26(29-16-28-22)39-24-17(2)7-8-20-19(24)14-30-33-20/h4,7-8,14,16,18H,1,5-6,9-13,15H2,2-3H3,(H,30,33)/t18-/m0/s1. The number of H-pyrrole nitrogens is 1. The van der Waals surface area contributed by atoms with E-state index in [1.54, 1.807) is 11.1 Å². The zero-order chi connectivity index (χ0) is 26.9. The van der Waals surface area contributed by atoms with E-state index in [1.165, 1.54) is 12.4 Å². The Morgan fingerprint density at radius 2 is 2.00 bits per heavy atom. The van der Waals surface area contributed by atoms with Crippen LogP contribution in [0, 0.1) is 6.92 Å². The minimum absolute atomic E-state index is 0.0753. The van der Waals surface area contributed by atoms with Gasteiger partial charge in [-0.05, 0) is 51.1 Å². The fourth-order valence-electron chi connectivity index (χ4n) is 5.21. The molecule has 0 radical (unpaired) electrons. The molecular weight excluding hydrogens is 498 g/mol. The van der Waals surface area contributed by atoms with Crippen LogP contribution < -0.4 is 14.4 Å². The summed E-state index contributed by atoms with van der Waals surface area (Å²) in [6.45, 7) is 9.40. The minimum Gasteiger partial charge on any atom is -0.462 e. The fourth-order valence-corrected chi connectivity index (χ4v) is 5.21. The zero-order valence-corrected chi connectivity index (χ0v) is 22.1. The first kappa shape index (κ1) is 25.0. The van der Waals surface area contributed by atoms with Gasteiger partial charge in [0.25, 0.3) is 0 Å². The summed E-state index contributed by atoms with van der Waals surface area (Å²) in [6.07, 6.45) is 6.76. The molecule has 1 N–H and O–H groups in total. The van der Waals surface area contributed by atoms with E-state index >= 15 is 0 Å². The number of likely N-dealkylation sites (tertiary alicyclic amines) is 1. The van der Waals surface area contributed by atoms with Crippen molar-refractivity contribution in [2.45, 2.75) is 25.8 Å². The molecule has 2 saturated heterocycles. The van der Waals surface area contributed by atoms with Gasteiger partial charge in [-0.25, -0.2) is 4.98 Å². The number of anilines is 1. The van der Waals surface area contributed by atoms with Gasteiger partial charge in [-0.15, -0.1) is 0 Å². The molecule has 12 nitrogen and oxygen atoms in total. The zero-order valence-electron chi connectivity index (χ0n) is 22.1. The number of nitrogens with one attached hydrogen (secondary N) is 1. The lowest BCUT2D eigenvalue weighted by Crippen LogP contribution is -2.48. The van der Waals surface area contributed by atoms with Gasteiger partial charge in [-0.3, -0.25) is 9.89 Å². The second-order valence-corrected chi connectivity index (χ2v) is 9.95. The maximum atomic E-state index is 12.1. The SMILES string of the molecule is C=CC(=O)N1CCN(c2nc(OC[C@@H]3CCCN3C)nc3c(Oc4c(C)ccc5[nH]ncc45)ncnc23)CC1. The molecule has 2 aliphatic rings. The Bertz CT molecular complexity index is 1530. The summed E-state index contributed by atoms with van der Waals surface area (Å²) in [5.74, 6) is 1.51. The second-order valence-electron chi connectivity index (χ2n) is 9.95. The van der Waals surface area contributed by atoms with Crippen LogP contribution >= 0.6 is 0 Å². The average molecular weight is 530 g/mol. The number of aromatic nitrogens is 6. The summed E-state index contributed by atoms with van der Waals surface area (Å²) in [7, 11) is 2.11. The Hall–Kier alpha value is -4.32. The molecule has 1 aromatic carbocycles. The number of carbonyl (C=O) groups is 1. The van der Waals surface area contributed by atoms with Crippen LogP contribution in [0.15, 0.2) is 37.3 Å². The lowest BCUT2D eigenvalue weighted by molar-refractivity contribution is -0.126. The molecule has 0 aliphatic carbocycles. The third-order valence-electron chi connectivity index (χ3n) is 7.52. The lowest BCUT2D eigenvalue weighted by Gasteiger charge is -2.35. The number of nitrogens with zero attached hydrogens (tertiary/aromatic N) is 8. The molecule has 202 valence electrons. The van der Waals surface area contributed by atoms with Gasteiger partial charge >= 0.3 is 6.01 Å². The number of ether oxygens (including phenoxy) is 2. The molecule has 0 spiro atoms. The number of amides is 1. The van der Waals surface area contributed by atoms with Gasteiger partial charge in [0.05, 0.1) is 17.1 Å². The van der Waals surface area contributed by atoms with E-state index in [1.807, 2.05) is 19.1 Å². The number of aromatic amines is 1. The van der Waals surface area contributed by atoms with E-state index < -0.39 is 0 Å². The van der Waals surface area contributed by atoms with Crippen molar-refractivity contribution in [1.29, 1.82) is 0 Å². The van der Waals surface area contributed by atoms with Crippen LogP contribution in [-0.2, 0) is 4.79 Å². The van der Waals surface area contributed by atoms with Gasteiger partial charge in [-0.2, -0.15) is 20.1 Å². The molecule has 3 aromatic heterocycles. The first-order chi connectivity index (χ1) is 19.0. The molecule has 6 rings (SSSR count). The van der Waals surface area contributed by atoms with Crippen molar-refractivity contribution in [3.05, 3.63) is 42.9 Å². The highest BCUT2D eigenvalue weighted by Crippen LogP contribution is 2.36. The Morgan fingerprint density at radius 3 is 2.77 bits per heavy atom. The number of aryl methyl sites for hydroxylation is 1. The normalized spacial score (nSPS) is 18.2. The number of hydrogen-bond donors (Lipinski definition) is 1. The monoisotopic (exact) mass is 529 g/mol. The summed E-state index contributed by atoms with van der Waals surface area (Å²) in [5, 5.41) is 7.99. The Balaban J connectivity index is 1.38. The molecule has 1 atom stereocenters. The highest BCUT2D eigenvalue weighted by molar-refractivity contribution is 5.91. The molecule has 4 aromatic rings. The molecule has 0 unspecified atom stereocenters. The van der Waals surface area contributed by atoms with Gasteiger partial charge in [0.15, 0.2) is 11.3 Å². The Kier molecular flexibility index (Phi) is 6.69. The first-order valence-electron chi connectivity index (χ1n) is 13.1. The summed E-state index contributed by atoms with van der Waals surface area (Å²) in [6, 6.07) is 4.49. The third kappa shape index (κ3) is 4.83. The van der Waals surface area contributed by atoms with Crippen molar-refractivity contribution in [3.63, 3.8) is 0 Å². The third-order valence-corrected chi connectivity index (χ3v) is 7.52. The van der Waals surface area contributed by atoms with Gasteiger partial charge in [-0.1, -0.05) is 12.6 Å².